The van der Waals surface area contributed by atoms with Crippen LogP contribution in [0.3, 0.4) is 0 Å². The summed E-state index contributed by atoms with van der Waals surface area (Å²) in [5.74, 6) is 0.0916. The van der Waals surface area contributed by atoms with Gasteiger partial charge in [0.2, 0.25) is 5.91 Å². The minimum atomic E-state index is -3.79. The quantitative estimate of drug-likeness (QED) is 0.737. The Labute approximate surface area is 128 Å². The molecule has 0 radical (unpaired) electrons. The van der Waals surface area contributed by atoms with Crippen LogP contribution in [0.4, 0.5) is 0 Å². The van der Waals surface area contributed by atoms with E-state index in [0.717, 1.165) is 11.8 Å². The summed E-state index contributed by atoms with van der Waals surface area (Å²) in [6.07, 6.45) is 0.632. The maximum absolute atomic E-state index is 12.2. The summed E-state index contributed by atoms with van der Waals surface area (Å²) >= 11 is 1.14. The van der Waals surface area contributed by atoms with Crippen LogP contribution in [-0.2, 0) is 19.6 Å². The Balaban J connectivity index is 2.20. The number of rotatable bonds is 6. The third-order valence-electron chi connectivity index (χ3n) is 2.83. The second-order valence-corrected chi connectivity index (χ2v) is 6.89. The van der Waals surface area contributed by atoms with Gasteiger partial charge in [-0.1, -0.05) is 30.0 Å². The van der Waals surface area contributed by atoms with Crippen LogP contribution in [0, 0.1) is 0 Å². The minimum absolute atomic E-state index is 0.120. The van der Waals surface area contributed by atoms with E-state index in [-0.39, 0.29) is 21.7 Å². The predicted octanol–water partition coefficient (Wildman–Crippen LogP) is 1.34. The van der Waals surface area contributed by atoms with E-state index in [2.05, 4.69) is 4.40 Å². The first-order chi connectivity index (χ1) is 10.0. The van der Waals surface area contributed by atoms with Gasteiger partial charge in [-0.2, -0.15) is 8.42 Å². The topological polar surface area (TPSA) is 76.0 Å². The molecule has 0 spiro atoms. The Kier molecular flexibility index (Phi) is 5.38. The average molecular weight is 328 g/mol. The van der Waals surface area contributed by atoms with Gasteiger partial charge in [-0.05, 0) is 18.6 Å². The van der Waals surface area contributed by atoms with Gasteiger partial charge in [0.15, 0.2) is 5.17 Å². The number of hydrogen-bond acceptors (Lipinski definition) is 5. The molecule has 0 saturated carbocycles. The third kappa shape index (κ3) is 4.05. The van der Waals surface area contributed by atoms with Crippen LogP contribution in [0.15, 0.2) is 39.6 Å². The van der Waals surface area contributed by atoms with E-state index in [1.165, 1.54) is 17.0 Å². The first-order valence-corrected chi connectivity index (χ1v) is 8.79. The molecule has 0 aromatic heterocycles. The van der Waals surface area contributed by atoms with Crippen LogP contribution >= 0.6 is 11.8 Å². The highest BCUT2D eigenvalue weighted by Crippen LogP contribution is 2.23. The number of amides is 1. The molecule has 0 N–H and O–H groups in total. The number of amidine groups is 1. The molecule has 0 unspecified atom stereocenters. The molecule has 0 aliphatic carbocycles. The molecule has 21 heavy (non-hydrogen) atoms. The number of carbonyl (C=O) groups is 1. The van der Waals surface area contributed by atoms with Crippen LogP contribution in [0.2, 0.25) is 0 Å². The van der Waals surface area contributed by atoms with Crippen molar-refractivity contribution in [2.75, 3.05) is 26.0 Å². The molecule has 1 aliphatic heterocycles. The molecule has 0 bridgehead atoms. The number of nitrogens with zero attached hydrogens (tertiary/aromatic N) is 2. The van der Waals surface area contributed by atoms with Gasteiger partial charge in [-0.15, -0.1) is 4.40 Å². The van der Waals surface area contributed by atoms with Crippen molar-refractivity contribution in [1.82, 2.24) is 4.90 Å². The lowest BCUT2D eigenvalue weighted by Crippen LogP contribution is -2.31. The molecule has 0 atom stereocenters. The third-order valence-corrected chi connectivity index (χ3v) is 5.18. The molecule has 114 valence electrons. The highest BCUT2D eigenvalue weighted by molar-refractivity contribution is 8.15. The summed E-state index contributed by atoms with van der Waals surface area (Å²) in [6, 6.07) is 7.97. The highest BCUT2D eigenvalue weighted by atomic mass is 32.2. The second kappa shape index (κ2) is 7.06. The Morgan fingerprint density at radius 3 is 2.71 bits per heavy atom. The Morgan fingerprint density at radius 2 is 2.05 bits per heavy atom. The molecule has 6 nitrogen and oxygen atoms in total. The standard InChI is InChI=1S/C13H16N2O4S2/c1-19-9-5-8-15-12(16)10-20-13(15)14-21(17,18)11-6-3-2-4-7-11/h2-4,6-7H,5,8-10H2,1H3/b14-13+. The average Bonchev–Trinajstić information content (AvgIpc) is 2.81. The van der Waals surface area contributed by atoms with Crippen LogP contribution in [0.5, 0.6) is 0 Å². The van der Waals surface area contributed by atoms with E-state index >= 15 is 0 Å². The monoisotopic (exact) mass is 328 g/mol. The predicted molar refractivity (Wildman–Crippen MR) is 81.7 cm³/mol. The SMILES string of the molecule is COCCCN1C(=O)CS/C1=N/S(=O)(=O)c1ccccc1. The zero-order valence-corrected chi connectivity index (χ0v) is 13.2. The van der Waals surface area contributed by atoms with Crippen LogP contribution in [-0.4, -0.2) is 50.4 Å². The van der Waals surface area contributed by atoms with Crippen molar-refractivity contribution in [2.24, 2.45) is 4.40 Å². The van der Waals surface area contributed by atoms with E-state index in [4.69, 9.17) is 4.74 Å². The second-order valence-electron chi connectivity index (χ2n) is 4.34. The van der Waals surface area contributed by atoms with Crippen LogP contribution < -0.4 is 0 Å². The zero-order chi connectivity index (χ0) is 15.3. The van der Waals surface area contributed by atoms with Crippen molar-refractivity contribution in [1.29, 1.82) is 0 Å². The number of ether oxygens (including phenoxy) is 1. The number of sulfonamides is 1. The molecule has 1 saturated heterocycles. The van der Waals surface area contributed by atoms with Crippen molar-refractivity contribution in [2.45, 2.75) is 11.3 Å². The number of methoxy groups -OCH3 is 1. The molecular formula is C13H16N2O4S2. The highest BCUT2D eigenvalue weighted by Gasteiger charge is 2.29. The van der Waals surface area contributed by atoms with E-state index in [1.807, 2.05) is 0 Å². The lowest BCUT2D eigenvalue weighted by Gasteiger charge is -2.15. The minimum Gasteiger partial charge on any atom is -0.385 e. The molecule has 1 heterocycles. The van der Waals surface area contributed by atoms with Gasteiger partial charge in [-0.3, -0.25) is 9.69 Å². The molecule has 1 fully saturated rings. The van der Waals surface area contributed by atoms with E-state index in [1.54, 1.807) is 25.3 Å². The van der Waals surface area contributed by atoms with Gasteiger partial charge < -0.3 is 4.74 Å². The van der Waals surface area contributed by atoms with Gasteiger partial charge in [0.1, 0.15) is 0 Å². The van der Waals surface area contributed by atoms with Crippen molar-refractivity contribution in [3.05, 3.63) is 30.3 Å². The number of carbonyl (C=O) groups excluding carboxylic acids is 1. The molecule has 1 aromatic carbocycles. The fourth-order valence-electron chi connectivity index (χ4n) is 1.80. The van der Waals surface area contributed by atoms with E-state index < -0.39 is 10.0 Å². The normalized spacial score (nSPS) is 17.7. The van der Waals surface area contributed by atoms with Crippen molar-refractivity contribution < 1.29 is 17.9 Å². The summed E-state index contributed by atoms with van der Waals surface area (Å²) < 4.78 is 33.2. The van der Waals surface area contributed by atoms with Crippen LogP contribution in [0.25, 0.3) is 0 Å². The number of benzene rings is 1. The van der Waals surface area contributed by atoms with Gasteiger partial charge >= 0.3 is 0 Å². The molecule has 1 aromatic rings. The fourth-order valence-corrected chi connectivity index (χ4v) is 3.97. The maximum Gasteiger partial charge on any atom is 0.284 e. The Bertz CT molecular complexity index is 629. The lowest BCUT2D eigenvalue weighted by molar-refractivity contribution is -0.124. The summed E-state index contributed by atoms with van der Waals surface area (Å²) in [7, 11) is -2.21. The summed E-state index contributed by atoms with van der Waals surface area (Å²) in [4.78, 5) is 13.3. The number of thioether (sulfide) groups is 1. The molecule has 8 heteroatoms. The Morgan fingerprint density at radius 1 is 1.33 bits per heavy atom. The number of hydrogen-bond donors (Lipinski definition) is 0. The smallest absolute Gasteiger partial charge is 0.284 e. The zero-order valence-electron chi connectivity index (χ0n) is 11.6. The van der Waals surface area contributed by atoms with Crippen molar-refractivity contribution in [3.63, 3.8) is 0 Å². The molecule has 1 aliphatic rings. The molecule has 2 rings (SSSR count). The van der Waals surface area contributed by atoms with Crippen molar-refractivity contribution >= 4 is 32.9 Å². The van der Waals surface area contributed by atoms with Gasteiger partial charge in [0, 0.05) is 20.3 Å². The van der Waals surface area contributed by atoms with E-state index in [9.17, 15) is 13.2 Å². The maximum atomic E-state index is 12.2. The van der Waals surface area contributed by atoms with Crippen LogP contribution in [0.1, 0.15) is 6.42 Å². The Hall–Kier alpha value is -1.38. The van der Waals surface area contributed by atoms with Gasteiger partial charge in [0.25, 0.3) is 10.0 Å². The summed E-state index contributed by atoms with van der Waals surface area (Å²) in [5, 5.41) is 0.236. The summed E-state index contributed by atoms with van der Waals surface area (Å²) in [5.41, 5.74) is 0. The molecule has 1 amide bonds. The first-order valence-electron chi connectivity index (χ1n) is 6.37. The first kappa shape index (κ1) is 16.0. The summed E-state index contributed by atoms with van der Waals surface area (Å²) in [6.45, 7) is 0.913. The molecular weight excluding hydrogens is 312 g/mol. The van der Waals surface area contributed by atoms with E-state index in [0.29, 0.717) is 19.6 Å². The fraction of sp³-hybridized carbons (Fsp3) is 0.385. The van der Waals surface area contributed by atoms with Gasteiger partial charge in [0.05, 0.1) is 10.6 Å². The lowest BCUT2D eigenvalue weighted by atomic mass is 10.4. The van der Waals surface area contributed by atoms with Gasteiger partial charge in [-0.25, -0.2) is 0 Å². The largest absolute Gasteiger partial charge is 0.385 e. The van der Waals surface area contributed by atoms with Crippen molar-refractivity contribution in [3.8, 4) is 0 Å².